The van der Waals surface area contributed by atoms with E-state index in [0.717, 1.165) is 37.1 Å². The van der Waals surface area contributed by atoms with E-state index >= 15 is 0 Å². The van der Waals surface area contributed by atoms with Crippen molar-refractivity contribution < 1.29 is 4.79 Å². The van der Waals surface area contributed by atoms with Crippen molar-refractivity contribution in [2.75, 3.05) is 13.1 Å². The van der Waals surface area contributed by atoms with E-state index < -0.39 is 0 Å². The summed E-state index contributed by atoms with van der Waals surface area (Å²) in [4.78, 5) is 14.4. The van der Waals surface area contributed by atoms with Crippen molar-refractivity contribution in [3.63, 3.8) is 0 Å². The van der Waals surface area contributed by atoms with Crippen molar-refractivity contribution in [2.45, 2.75) is 39.5 Å². The topological polar surface area (TPSA) is 20.3 Å². The predicted molar refractivity (Wildman–Crippen MR) is 81.6 cm³/mol. The lowest BCUT2D eigenvalue weighted by atomic mass is 10.0. The number of hydrogen-bond donors (Lipinski definition) is 0. The quantitative estimate of drug-likeness (QED) is 0.682. The lowest BCUT2D eigenvalue weighted by Crippen LogP contribution is -2.35. The summed E-state index contributed by atoms with van der Waals surface area (Å²) in [7, 11) is 0. The third-order valence-electron chi connectivity index (χ3n) is 3.66. The van der Waals surface area contributed by atoms with E-state index in [4.69, 9.17) is 11.6 Å². The summed E-state index contributed by atoms with van der Waals surface area (Å²) in [6.45, 7) is 8.00. The molecular formula is C16H24ClNO. The molecule has 0 heterocycles. The number of nitrogens with zero attached hydrogens (tertiary/aromatic N) is 1. The highest BCUT2D eigenvalue weighted by atomic mass is 35.5. The second-order valence-corrected chi connectivity index (χ2v) is 5.12. The number of benzene rings is 1. The van der Waals surface area contributed by atoms with Crippen LogP contribution in [0.15, 0.2) is 24.3 Å². The Balaban J connectivity index is 2.76. The second-order valence-electron chi connectivity index (χ2n) is 4.86. The Morgan fingerprint density at radius 2 is 1.74 bits per heavy atom. The Hall–Kier alpha value is -1.02. The van der Waals surface area contributed by atoms with Crippen LogP contribution >= 0.6 is 11.6 Å². The van der Waals surface area contributed by atoms with Crippen LogP contribution in [-0.4, -0.2) is 23.9 Å². The molecule has 1 amide bonds. The Morgan fingerprint density at radius 3 is 2.16 bits per heavy atom. The molecule has 0 aliphatic rings. The SMILES string of the molecule is CCC(CC)CN(CC)C(=O)c1ccc(CCl)cc1. The number of alkyl halides is 1. The van der Waals surface area contributed by atoms with Crippen LogP contribution in [0, 0.1) is 5.92 Å². The minimum absolute atomic E-state index is 0.121. The Kier molecular flexibility index (Phi) is 6.93. The molecule has 0 unspecified atom stereocenters. The van der Waals surface area contributed by atoms with Gasteiger partial charge in [0.15, 0.2) is 0 Å². The van der Waals surface area contributed by atoms with Gasteiger partial charge in [0.05, 0.1) is 0 Å². The van der Waals surface area contributed by atoms with Crippen LogP contribution in [0.2, 0.25) is 0 Å². The lowest BCUT2D eigenvalue weighted by Gasteiger charge is -2.25. The van der Waals surface area contributed by atoms with Gasteiger partial charge in [-0.3, -0.25) is 4.79 Å². The van der Waals surface area contributed by atoms with Crippen LogP contribution in [0.1, 0.15) is 49.5 Å². The minimum Gasteiger partial charge on any atom is -0.339 e. The van der Waals surface area contributed by atoms with E-state index in [-0.39, 0.29) is 5.91 Å². The van der Waals surface area contributed by atoms with Crippen molar-refractivity contribution in [2.24, 2.45) is 5.92 Å². The van der Waals surface area contributed by atoms with Gasteiger partial charge in [0.2, 0.25) is 0 Å². The summed E-state index contributed by atoms with van der Waals surface area (Å²) in [5.74, 6) is 1.20. The molecule has 0 aliphatic carbocycles. The van der Waals surface area contributed by atoms with E-state index in [0.29, 0.717) is 11.8 Å². The van der Waals surface area contributed by atoms with E-state index in [1.807, 2.05) is 36.1 Å². The maximum absolute atomic E-state index is 12.4. The van der Waals surface area contributed by atoms with Gasteiger partial charge in [-0.1, -0.05) is 38.8 Å². The molecule has 1 aromatic carbocycles. The van der Waals surface area contributed by atoms with Crippen molar-refractivity contribution in [3.05, 3.63) is 35.4 Å². The van der Waals surface area contributed by atoms with Crippen LogP contribution in [0.25, 0.3) is 0 Å². The fourth-order valence-electron chi connectivity index (χ4n) is 2.13. The van der Waals surface area contributed by atoms with Crippen LogP contribution < -0.4 is 0 Å². The van der Waals surface area contributed by atoms with Crippen LogP contribution in [0.4, 0.5) is 0 Å². The zero-order chi connectivity index (χ0) is 14.3. The van der Waals surface area contributed by atoms with Crippen molar-refractivity contribution in [1.29, 1.82) is 0 Å². The highest BCUT2D eigenvalue weighted by Gasteiger charge is 2.17. The molecular weight excluding hydrogens is 258 g/mol. The number of carbonyl (C=O) groups excluding carboxylic acids is 1. The van der Waals surface area contributed by atoms with Gasteiger partial charge in [-0.15, -0.1) is 11.6 Å². The normalized spacial score (nSPS) is 10.8. The molecule has 0 bridgehead atoms. The van der Waals surface area contributed by atoms with E-state index in [1.54, 1.807) is 0 Å². The summed E-state index contributed by atoms with van der Waals surface area (Å²) in [6.07, 6.45) is 2.23. The molecule has 0 radical (unpaired) electrons. The minimum atomic E-state index is 0.121. The predicted octanol–water partition coefficient (Wildman–Crippen LogP) is 4.32. The number of halogens is 1. The van der Waals surface area contributed by atoms with Crippen molar-refractivity contribution in [3.8, 4) is 0 Å². The average molecular weight is 282 g/mol. The summed E-state index contributed by atoms with van der Waals surface area (Å²) < 4.78 is 0. The van der Waals surface area contributed by atoms with E-state index in [2.05, 4.69) is 13.8 Å². The molecule has 19 heavy (non-hydrogen) atoms. The van der Waals surface area contributed by atoms with Crippen LogP contribution in [-0.2, 0) is 5.88 Å². The first-order chi connectivity index (χ1) is 9.15. The second kappa shape index (κ2) is 8.21. The Morgan fingerprint density at radius 1 is 1.16 bits per heavy atom. The molecule has 2 nitrogen and oxygen atoms in total. The van der Waals surface area contributed by atoms with Crippen LogP contribution in [0.5, 0.6) is 0 Å². The Labute approximate surface area is 121 Å². The fraction of sp³-hybridized carbons (Fsp3) is 0.562. The molecule has 0 N–H and O–H groups in total. The smallest absolute Gasteiger partial charge is 0.253 e. The molecule has 1 aromatic rings. The molecule has 0 saturated carbocycles. The highest BCUT2D eigenvalue weighted by molar-refractivity contribution is 6.17. The third kappa shape index (κ3) is 4.54. The van der Waals surface area contributed by atoms with Crippen molar-refractivity contribution >= 4 is 17.5 Å². The maximum atomic E-state index is 12.4. The maximum Gasteiger partial charge on any atom is 0.253 e. The number of rotatable bonds is 7. The largest absolute Gasteiger partial charge is 0.339 e. The van der Waals surface area contributed by atoms with Gasteiger partial charge in [-0.25, -0.2) is 0 Å². The first-order valence-electron chi connectivity index (χ1n) is 7.10. The first kappa shape index (κ1) is 16.0. The number of hydrogen-bond acceptors (Lipinski definition) is 1. The lowest BCUT2D eigenvalue weighted by molar-refractivity contribution is 0.0735. The fourth-order valence-corrected chi connectivity index (χ4v) is 2.31. The molecule has 1 rings (SSSR count). The molecule has 106 valence electrons. The number of carbonyl (C=O) groups is 1. The van der Waals surface area contributed by atoms with Gasteiger partial charge in [-0.2, -0.15) is 0 Å². The van der Waals surface area contributed by atoms with Gasteiger partial charge in [-0.05, 0) is 30.5 Å². The van der Waals surface area contributed by atoms with Gasteiger partial charge in [0, 0.05) is 24.5 Å². The highest BCUT2D eigenvalue weighted by Crippen LogP contribution is 2.14. The van der Waals surface area contributed by atoms with Crippen molar-refractivity contribution in [1.82, 2.24) is 4.90 Å². The summed E-state index contributed by atoms with van der Waals surface area (Å²) in [5.41, 5.74) is 1.79. The molecule has 0 atom stereocenters. The van der Waals surface area contributed by atoms with E-state index in [9.17, 15) is 4.79 Å². The molecule has 0 aromatic heterocycles. The molecule has 0 aliphatic heterocycles. The first-order valence-corrected chi connectivity index (χ1v) is 7.63. The van der Waals surface area contributed by atoms with E-state index in [1.165, 1.54) is 0 Å². The Bertz CT molecular complexity index is 384. The molecule has 0 saturated heterocycles. The molecule has 0 spiro atoms. The molecule has 0 fully saturated rings. The van der Waals surface area contributed by atoms with Gasteiger partial charge in [0.1, 0.15) is 0 Å². The van der Waals surface area contributed by atoms with Crippen LogP contribution in [0.3, 0.4) is 0 Å². The van der Waals surface area contributed by atoms with Gasteiger partial charge >= 0.3 is 0 Å². The zero-order valence-corrected chi connectivity index (χ0v) is 12.9. The standard InChI is InChI=1S/C16H24ClNO/c1-4-13(5-2)12-18(6-3)16(19)15-9-7-14(11-17)8-10-15/h7-10,13H,4-6,11-12H2,1-3H3. The summed E-state index contributed by atoms with van der Waals surface area (Å²) in [5, 5.41) is 0. The average Bonchev–Trinajstić information content (AvgIpc) is 2.48. The monoisotopic (exact) mass is 281 g/mol. The van der Waals surface area contributed by atoms with Gasteiger partial charge in [0.25, 0.3) is 5.91 Å². The third-order valence-corrected chi connectivity index (χ3v) is 3.97. The zero-order valence-electron chi connectivity index (χ0n) is 12.2. The van der Waals surface area contributed by atoms with Gasteiger partial charge < -0.3 is 4.90 Å². The molecule has 3 heteroatoms. The number of amides is 1. The summed E-state index contributed by atoms with van der Waals surface area (Å²) >= 11 is 5.76. The summed E-state index contributed by atoms with van der Waals surface area (Å²) in [6, 6.07) is 7.58.